The number of carboxylic acids is 1. The molecule has 3 atom stereocenters. The molecule has 104 valence electrons. The molecule has 0 bridgehead atoms. The maximum atomic E-state index is 11.7. The van der Waals surface area contributed by atoms with E-state index in [2.05, 4.69) is 10.6 Å². The lowest BCUT2D eigenvalue weighted by Crippen LogP contribution is -2.50. The van der Waals surface area contributed by atoms with E-state index in [0.717, 1.165) is 25.0 Å². The number of hydrogen-bond donors (Lipinski definition) is 3. The van der Waals surface area contributed by atoms with Crippen molar-refractivity contribution in [2.75, 3.05) is 12.0 Å². The number of rotatable bonds is 5. The molecule has 0 spiro atoms. The number of carboxylic acid groups (broad SMARTS) is 1. The van der Waals surface area contributed by atoms with Crippen LogP contribution in [0.3, 0.4) is 0 Å². The van der Waals surface area contributed by atoms with Gasteiger partial charge in [-0.15, -0.1) is 0 Å². The fourth-order valence-corrected chi connectivity index (χ4v) is 2.91. The van der Waals surface area contributed by atoms with Gasteiger partial charge in [0, 0.05) is 17.8 Å². The first-order chi connectivity index (χ1) is 8.54. The van der Waals surface area contributed by atoms with Gasteiger partial charge in [0.05, 0.1) is 5.92 Å². The first-order valence-corrected chi connectivity index (χ1v) is 7.72. The van der Waals surface area contributed by atoms with Crippen LogP contribution >= 0.6 is 11.8 Å². The number of nitrogens with one attached hydrogen (secondary N) is 2. The average molecular weight is 274 g/mol. The van der Waals surface area contributed by atoms with Crippen LogP contribution in [0, 0.1) is 5.92 Å². The lowest BCUT2D eigenvalue weighted by Gasteiger charge is -2.29. The van der Waals surface area contributed by atoms with E-state index >= 15 is 0 Å². The monoisotopic (exact) mass is 274 g/mol. The maximum Gasteiger partial charge on any atom is 0.315 e. The summed E-state index contributed by atoms with van der Waals surface area (Å²) in [6, 6.07) is -0.403. The first kappa shape index (κ1) is 15.1. The van der Waals surface area contributed by atoms with Gasteiger partial charge in [0.15, 0.2) is 0 Å². The van der Waals surface area contributed by atoms with E-state index in [9.17, 15) is 9.59 Å². The number of thioether (sulfide) groups is 1. The van der Waals surface area contributed by atoms with Crippen molar-refractivity contribution in [2.45, 2.75) is 44.7 Å². The molecule has 1 aliphatic carbocycles. The zero-order valence-electron chi connectivity index (χ0n) is 10.9. The standard InChI is InChI=1S/C12H22N2O3S/c1-8(7-18-2)13-12(17)14-10-6-4-3-5-9(10)11(15)16/h8-10H,3-7H2,1-2H3,(H,15,16)(H2,13,14,17). The van der Waals surface area contributed by atoms with Gasteiger partial charge in [-0.05, 0) is 26.0 Å². The van der Waals surface area contributed by atoms with Crippen LogP contribution in [0.2, 0.25) is 0 Å². The van der Waals surface area contributed by atoms with Gasteiger partial charge in [-0.1, -0.05) is 12.8 Å². The van der Waals surface area contributed by atoms with Gasteiger partial charge < -0.3 is 15.7 Å². The highest BCUT2D eigenvalue weighted by molar-refractivity contribution is 7.98. The molecule has 6 heteroatoms. The molecule has 1 rings (SSSR count). The van der Waals surface area contributed by atoms with Gasteiger partial charge >= 0.3 is 12.0 Å². The summed E-state index contributed by atoms with van der Waals surface area (Å²) in [4.78, 5) is 22.8. The number of hydrogen-bond acceptors (Lipinski definition) is 3. The van der Waals surface area contributed by atoms with E-state index in [1.54, 1.807) is 11.8 Å². The van der Waals surface area contributed by atoms with Crippen LogP contribution in [0.1, 0.15) is 32.6 Å². The second-order valence-electron chi connectivity index (χ2n) is 4.81. The summed E-state index contributed by atoms with van der Waals surface area (Å²) >= 11 is 1.67. The van der Waals surface area contributed by atoms with Crippen LogP contribution in [0.25, 0.3) is 0 Å². The molecule has 18 heavy (non-hydrogen) atoms. The van der Waals surface area contributed by atoms with Crippen LogP contribution in [-0.4, -0.2) is 41.2 Å². The van der Waals surface area contributed by atoms with E-state index in [-0.39, 0.29) is 18.1 Å². The van der Waals surface area contributed by atoms with E-state index < -0.39 is 11.9 Å². The Balaban J connectivity index is 2.43. The normalized spacial score (nSPS) is 25.2. The van der Waals surface area contributed by atoms with Gasteiger partial charge in [-0.3, -0.25) is 4.79 Å². The average Bonchev–Trinajstić information content (AvgIpc) is 2.29. The Labute approximate surface area is 112 Å². The molecule has 0 aliphatic heterocycles. The highest BCUT2D eigenvalue weighted by Gasteiger charge is 2.31. The van der Waals surface area contributed by atoms with Crippen molar-refractivity contribution in [3.05, 3.63) is 0 Å². The van der Waals surface area contributed by atoms with E-state index in [0.29, 0.717) is 6.42 Å². The van der Waals surface area contributed by atoms with Crippen LogP contribution < -0.4 is 10.6 Å². The molecule has 0 aromatic rings. The van der Waals surface area contributed by atoms with Gasteiger partial charge in [0.25, 0.3) is 0 Å². The summed E-state index contributed by atoms with van der Waals surface area (Å²) in [6.45, 7) is 1.94. The molecule has 0 heterocycles. The lowest BCUT2D eigenvalue weighted by molar-refractivity contribution is -0.143. The molecule has 1 fully saturated rings. The summed E-state index contributed by atoms with van der Waals surface area (Å²) in [5.41, 5.74) is 0. The second-order valence-corrected chi connectivity index (χ2v) is 5.72. The second kappa shape index (κ2) is 7.51. The van der Waals surface area contributed by atoms with Crippen molar-refractivity contribution in [3.8, 4) is 0 Å². The van der Waals surface area contributed by atoms with E-state index in [1.807, 2.05) is 13.2 Å². The van der Waals surface area contributed by atoms with Crippen molar-refractivity contribution in [1.82, 2.24) is 10.6 Å². The van der Waals surface area contributed by atoms with Crippen molar-refractivity contribution in [1.29, 1.82) is 0 Å². The van der Waals surface area contributed by atoms with Gasteiger partial charge in [-0.2, -0.15) is 11.8 Å². The van der Waals surface area contributed by atoms with Crippen LogP contribution in [-0.2, 0) is 4.79 Å². The minimum absolute atomic E-state index is 0.0897. The zero-order valence-corrected chi connectivity index (χ0v) is 11.8. The maximum absolute atomic E-state index is 11.7. The largest absolute Gasteiger partial charge is 0.481 e. The Bertz CT molecular complexity index is 299. The van der Waals surface area contributed by atoms with Crippen molar-refractivity contribution >= 4 is 23.8 Å². The molecule has 5 nitrogen and oxygen atoms in total. The molecule has 1 saturated carbocycles. The minimum Gasteiger partial charge on any atom is -0.481 e. The summed E-state index contributed by atoms with van der Waals surface area (Å²) in [6.07, 6.45) is 5.30. The highest BCUT2D eigenvalue weighted by Crippen LogP contribution is 2.24. The Kier molecular flexibility index (Phi) is 6.32. The van der Waals surface area contributed by atoms with Crippen LogP contribution in [0.5, 0.6) is 0 Å². The van der Waals surface area contributed by atoms with Crippen LogP contribution in [0.15, 0.2) is 0 Å². The fraction of sp³-hybridized carbons (Fsp3) is 0.833. The third kappa shape index (κ3) is 4.76. The number of amides is 2. The Hall–Kier alpha value is -0.910. The van der Waals surface area contributed by atoms with E-state index in [4.69, 9.17) is 5.11 Å². The third-order valence-corrected chi connectivity index (χ3v) is 4.03. The molecule has 0 radical (unpaired) electrons. The first-order valence-electron chi connectivity index (χ1n) is 6.33. The number of carbonyl (C=O) groups is 2. The smallest absolute Gasteiger partial charge is 0.315 e. The summed E-state index contributed by atoms with van der Waals surface area (Å²) in [5.74, 6) is -0.405. The predicted octanol–water partition coefficient (Wildman–Crippen LogP) is 1.68. The van der Waals surface area contributed by atoms with Crippen molar-refractivity contribution in [3.63, 3.8) is 0 Å². The summed E-state index contributed by atoms with van der Waals surface area (Å²) < 4.78 is 0. The Morgan fingerprint density at radius 1 is 1.39 bits per heavy atom. The summed E-state index contributed by atoms with van der Waals surface area (Å²) in [7, 11) is 0. The third-order valence-electron chi connectivity index (χ3n) is 3.19. The van der Waals surface area contributed by atoms with Crippen molar-refractivity contribution in [2.24, 2.45) is 5.92 Å². The Morgan fingerprint density at radius 3 is 2.67 bits per heavy atom. The quantitative estimate of drug-likeness (QED) is 0.713. The number of urea groups is 1. The molecular weight excluding hydrogens is 252 g/mol. The molecule has 2 amide bonds. The SMILES string of the molecule is CSCC(C)NC(=O)NC1CCCCC1C(=O)O. The molecule has 0 aromatic carbocycles. The summed E-state index contributed by atoms with van der Waals surface area (Å²) in [5, 5.41) is 14.7. The number of carbonyl (C=O) groups excluding carboxylic acids is 1. The predicted molar refractivity (Wildman–Crippen MR) is 72.9 cm³/mol. The highest BCUT2D eigenvalue weighted by atomic mass is 32.2. The molecule has 3 unspecified atom stereocenters. The van der Waals surface area contributed by atoms with Gasteiger partial charge in [-0.25, -0.2) is 4.79 Å². The Morgan fingerprint density at radius 2 is 2.06 bits per heavy atom. The van der Waals surface area contributed by atoms with Crippen molar-refractivity contribution < 1.29 is 14.7 Å². The minimum atomic E-state index is -0.808. The molecule has 0 aromatic heterocycles. The topological polar surface area (TPSA) is 78.4 Å². The van der Waals surface area contributed by atoms with Crippen LogP contribution in [0.4, 0.5) is 4.79 Å². The molecule has 3 N–H and O–H groups in total. The fourth-order valence-electron chi connectivity index (χ4n) is 2.32. The zero-order chi connectivity index (χ0) is 13.5. The molecular formula is C12H22N2O3S. The molecule has 1 aliphatic rings. The molecule has 0 saturated heterocycles. The number of aliphatic carboxylic acids is 1. The lowest BCUT2D eigenvalue weighted by atomic mass is 9.84. The van der Waals surface area contributed by atoms with Gasteiger partial charge in [0.1, 0.15) is 0 Å². The van der Waals surface area contributed by atoms with E-state index in [1.165, 1.54) is 0 Å². The van der Waals surface area contributed by atoms with Gasteiger partial charge in [0.2, 0.25) is 0 Å².